The van der Waals surface area contributed by atoms with Crippen molar-refractivity contribution in [1.82, 2.24) is 9.97 Å². The molecule has 0 amide bonds. The van der Waals surface area contributed by atoms with Crippen molar-refractivity contribution < 1.29 is 5.11 Å². The summed E-state index contributed by atoms with van der Waals surface area (Å²) in [6, 6.07) is 19.4. The summed E-state index contributed by atoms with van der Waals surface area (Å²) in [5.41, 5.74) is 2.45. The molecule has 0 aliphatic heterocycles. The molecule has 0 aliphatic rings. The lowest BCUT2D eigenvalue weighted by Crippen LogP contribution is -2.04. The van der Waals surface area contributed by atoms with Crippen LogP contribution in [0.1, 0.15) is 5.56 Å². The van der Waals surface area contributed by atoms with Gasteiger partial charge in [0, 0.05) is 23.1 Å². The lowest BCUT2D eigenvalue weighted by Gasteiger charge is -2.11. The van der Waals surface area contributed by atoms with Crippen LogP contribution in [-0.4, -0.2) is 15.1 Å². The highest BCUT2D eigenvalue weighted by Gasteiger charge is 2.07. The van der Waals surface area contributed by atoms with E-state index in [4.69, 9.17) is 0 Å². The zero-order chi connectivity index (χ0) is 15.2. The first-order chi connectivity index (χ1) is 10.8. The van der Waals surface area contributed by atoms with Gasteiger partial charge in [-0.2, -0.15) is 4.98 Å². The normalized spacial score (nSPS) is 10.2. The molecule has 3 rings (SSSR count). The SMILES string of the molecule is OCc1cnc(Nc2ccccc2)nc1Nc1ccccc1. The van der Waals surface area contributed by atoms with Crippen molar-refractivity contribution in [2.45, 2.75) is 6.61 Å². The van der Waals surface area contributed by atoms with Gasteiger partial charge in [0.2, 0.25) is 5.95 Å². The Morgan fingerprint density at radius 3 is 2.00 bits per heavy atom. The van der Waals surface area contributed by atoms with E-state index >= 15 is 0 Å². The van der Waals surface area contributed by atoms with Crippen molar-refractivity contribution in [3.05, 3.63) is 72.4 Å². The Balaban J connectivity index is 1.86. The summed E-state index contributed by atoms with van der Waals surface area (Å²) in [5, 5.41) is 15.8. The van der Waals surface area contributed by atoms with Crippen LogP contribution in [-0.2, 0) is 6.61 Å². The number of nitrogens with zero attached hydrogens (tertiary/aromatic N) is 2. The largest absolute Gasteiger partial charge is 0.391 e. The number of hydrogen-bond acceptors (Lipinski definition) is 5. The zero-order valence-corrected chi connectivity index (χ0v) is 11.9. The minimum atomic E-state index is -0.124. The average Bonchev–Trinajstić information content (AvgIpc) is 2.57. The van der Waals surface area contributed by atoms with E-state index in [0.717, 1.165) is 11.4 Å². The van der Waals surface area contributed by atoms with Gasteiger partial charge in [0.25, 0.3) is 0 Å². The van der Waals surface area contributed by atoms with Crippen molar-refractivity contribution in [1.29, 1.82) is 0 Å². The molecule has 0 fully saturated rings. The van der Waals surface area contributed by atoms with Crippen molar-refractivity contribution in [3.63, 3.8) is 0 Å². The highest BCUT2D eigenvalue weighted by Crippen LogP contribution is 2.21. The molecule has 22 heavy (non-hydrogen) atoms. The number of aliphatic hydroxyl groups excluding tert-OH is 1. The van der Waals surface area contributed by atoms with Gasteiger partial charge in [-0.15, -0.1) is 0 Å². The van der Waals surface area contributed by atoms with Gasteiger partial charge in [-0.25, -0.2) is 4.98 Å². The summed E-state index contributed by atoms with van der Waals surface area (Å²) in [4.78, 5) is 8.67. The van der Waals surface area contributed by atoms with Crippen molar-refractivity contribution in [2.75, 3.05) is 10.6 Å². The first-order valence-corrected chi connectivity index (χ1v) is 6.96. The maximum absolute atomic E-state index is 9.44. The molecule has 0 aliphatic carbocycles. The van der Waals surface area contributed by atoms with Gasteiger partial charge in [0.05, 0.1) is 6.61 Å². The molecular weight excluding hydrogens is 276 g/mol. The Bertz CT molecular complexity index is 732. The van der Waals surface area contributed by atoms with Crippen LogP contribution >= 0.6 is 0 Å². The van der Waals surface area contributed by atoms with E-state index in [1.165, 1.54) is 0 Å². The molecule has 0 unspecified atom stereocenters. The molecule has 0 radical (unpaired) electrons. The Morgan fingerprint density at radius 2 is 1.41 bits per heavy atom. The molecule has 0 saturated heterocycles. The van der Waals surface area contributed by atoms with Crippen LogP contribution in [0.15, 0.2) is 66.9 Å². The van der Waals surface area contributed by atoms with Crippen LogP contribution in [0.2, 0.25) is 0 Å². The van der Waals surface area contributed by atoms with Gasteiger partial charge < -0.3 is 15.7 Å². The first kappa shape index (κ1) is 14.0. The second-order valence-electron chi connectivity index (χ2n) is 4.71. The van der Waals surface area contributed by atoms with Gasteiger partial charge in [-0.05, 0) is 24.3 Å². The quantitative estimate of drug-likeness (QED) is 0.672. The summed E-state index contributed by atoms with van der Waals surface area (Å²) in [6.45, 7) is -0.124. The summed E-state index contributed by atoms with van der Waals surface area (Å²) < 4.78 is 0. The second kappa shape index (κ2) is 6.69. The highest BCUT2D eigenvalue weighted by molar-refractivity contribution is 5.61. The topological polar surface area (TPSA) is 70.1 Å². The molecule has 0 atom stereocenters. The lowest BCUT2D eigenvalue weighted by atomic mass is 10.3. The fraction of sp³-hybridized carbons (Fsp3) is 0.0588. The average molecular weight is 292 g/mol. The third-order valence-corrected chi connectivity index (χ3v) is 3.10. The summed E-state index contributed by atoms with van der Waals surface area (Å²) in [6.07, 6.45) is 1.61. The van der Waals surface area contributed by atoms with Crippen LogP contribution in [0.4, 0.5) is 23.1 Å². The van der Waals surface area contributed by atoms with Crippen LogP contribution in [0.25, 0.3) is 0 Å². The van der Waals surface area contributed by atoms with E-state index in [0.29, 0.717) is 17.3 Å². The predicted octanol–water partition coefficient (Wildman–Crippen LogP) is 3.46. The fourth-order valence-electron chi connectivity index (χ4n) is 2.00. The number of aromatic nitrogens is 2. The Kier molecular flexibility index (Phi) is 4.27. The number of anilines is 4. The minimum Gasteiger partial charge on any atom is -0.391 e. The number of nitrogens with one attached hydrogen (secondary N) is 2. The van der Waals surface area contributed by atoms with Gasteiger partial charge in [-0.3, -0.25) is 0 Å². The molecular formula is C17H16N4O. The number of benzene rings is 2. The smallest absolute Gasteiger partial charge is 0.229 e. The molecule has 0 saturated carbocycles. The summed E-state index contributed by atoms with van der Waals surface area (Å²) in [5.74, 6) is 1.06. The highest BCUT2D eigenvalue weighted by atomic mass is 16.3. The van der Waals surface area contributed by atoms with Gasteiger partial charge in [-0.1, -0.05) is 36.4 Å². The standard InChI is InChI=1S/C17H16N4O/c22-12-13-11-18-17(20-15-9-5-2-6-10-15)21-16(13)19-14-7-3-1-4-8-14/h1-11,22H,12H2,(H2,18,19,20,21). The van der Waals surface area contributed by atoms with Crippen molar-refractivity contribution in [2.24, 2.45) is 0 Å². The van der Waals surface area contributed by atoms with Gasteiger partial charge in [0.1, 0.15) is 5.82 Å². The first-order valence-electron chi connectivity index (χ1n) is 6.96. The third kappa shape index (κ3) is 3.39. The molecule has 2 aromatic carbocycles. The molecule has 0 spiro atoms. The molecule has 5 heteroatoms. The number of hydrogen-bond donors (Lipinski definition) is 3. The summed E-state index contributed by atoms with van der Waals surface area (Å²) >= 11 is 0. The molecule has 1 heterocycles. The van der Waals surface area contributed by atoms with E-state index < -0.39 is 0 Å². The Labute approximate surface area is 128 Å². The van der Waals surface area contributed by atoms with E-state index in [1.54, 1.807) is 6.20 Å². The monoisotopic (exact) mass is 292 g/mol. The fourth-order valence-corrected chi connectivity index (χ4v) is 2.00. The van der Waals surface area contributed by atoms with E-state index in [-0.39, 0.29) is 6.61 Å². The number of rotatable bonds is 5. The van der Waals surface area contributed by atoms with Crippen LogP contribution < -0.4 is 10.6 Å². The van der Waals surface area contributed by atoms with E-state index in [1.807, 2.05) is 60.7 Å². The van der Waals surface area contributed by atoms with Crippen LogP contribution in [0, 0.1) is 0 Å². The third-order valence-electron chi connectivity index (χ3n) is 3.10. The van der Waals surface area contributed by atoms with Gasteiger partial charge >= 0.3 is 0 Å². The van der Waals surface area contributed by atoms with Crippen LogP contribution in [0.3, 0.4) is 0 Å². The zero-order valence-electron chi connectivity index (χ0n) is 11.9. The van der Waals surface area contributed by atoms with Crippen molar-refractivity contribution >= 4 is 23.1 Å². The predicted molar refractivity (Wildman–Crippen MR) is 87.4 cm³/mol. The van der Waals surface area contributed by atoms with E-state index in [9.17, 15) is 5.11 Å². The second-order valence-corrected chi connectivity index (χ2v) is 4.71. The van der Waals surface area contributed by atoms with Crippen LogP contribution in [0.5, 0.6) is 0 Å². The lowest BCUT2D eigenvalue weighted by molar-refractivity contribution is 0.281. The molecule has 5 nitrogen and oxygen atoms in total. The molecule has 1 aromatic heterocycles. The number of aliphatic hydroxyl groups is 1. The maximum atomic E-state index is 9.44. The Morgan fingerprint density at radius 1 is 0.818 bits per heavy atom. The molecule has 0 bridgehead atoms. The minimum absolute atomic E-state index is 0.124. The maximum Gasteiger partial charge on any atom is 0.229 e. The van der Waals surface area contributed by atoms with Gasteiger partial charge in [0.15, 0.2) is 0 Å². The molecule has 3 N–H and O–H groups in total. The van der Waals surface area contributed by atoms with E-state index in [2.05, 4.69) is 20.6 Å². The van der Waals surface area contributed by atoms with Crippen molar-refractivity contribution in [3.8, 4) is 0 Å². The molecule has 110 valence electrons. The molecule has 3 aromatic rings. The summed E-state index contributed by atoms with van der Waals surface area (Å²) in [7, 11) is 0. The number of para-hydroxylation sites is 2. The Hall–Kier alpha value is -2.92.